The van der Waals surface area contributed by atoms with Crippen molar-refractivity contribution in [1.82, 2.24) is 5.32 Å². The highest BCUT2D eigenvalue weighted by Crippen LogP contribution is 2.16. The Morgan fingerprint density at radius 2 is 1.41 bits per heavy atom. The van der Waals surface area contributed by atoms with Gasteiger partial charge in [0.05, 0.1) is 6.04 Å². The van der Waals surface area contributed by atoms with E-state index in [-0.39, 0.29) is 11.9 Å². The van der Waals surface area contributed by atoms with Crippen LogP contribution in [0.1, 0.15) is 36.6 Å². The van der Waals surface area contributed by atoms with Gasteiger partial charge < -0.3 is 10.1 Å². The Bertz CT molecular complexity index is 617. The summed E-state index contributed by atoms with van der Waals surface area (Å²) in [6, 6.07) is 15.8. The zero-order valence-corrected chi connectivity index (χ0v) is 13.6. The zero-order valence-electron chi connectivity index (χ0n) is 13.6. The van der Waals surface area contributed by atoms with Crippen molar-refractivity contribution in [2.24, 2.45) is 0 Å². The monoisotopic (exact) mass is 297 g/mol. The number of carbonyl (C=O) groups excluding carboxylic acids is 1. The van der Waals surface area contributed by atoms with Crippen molar-refractivity contribution in [2.45, 2.75) is 39.8 Å². The molecule has 0 saturated heterocycles. The first kappa shape index (κ1) is 16.1. The van der Waals surface area contributed by atoms with Gasteiger partial charge in [0, 0.05) is 0 Å². The first-order chi connectivity index (χ1) is 10.5. The Hall–Kier alpha value is -2.29. The second-order valence-corrected chi connectivity index (χ2v) is 5.71. The number of carbonyl (C=O) groups is 1. The predicted molar refractivity (Wildman–Crippen MR) is 89.0 cm³/mol. The van der Waals surface area contributed by atoms with Crippen molar-refractivity contribution >= 4 is 5.91 Å². The van der Waals surface area contributed by atoms with Crippen LogP contribution in [0.4, 0.5) is 0 Å². The topological polar surface area (TPSA) is 38.3 Å². The third-order valence-corrected chi connectivity index (χ3v) is 3.64. The van der Waals surface area contributed by atoms with Crippen LogP contribution in [-0.4, -0.2) is 12.0 Å². The molecule has 116 valence electrons. The smallest absolute Gasteiger partial charge is 0.261 e. The van der Waals surface area contributed by atoms with Crippen LogP contribution in [0.2, 0.25) is 0 Å². The molecule has 0 spiro atoms. The molecule has 0 aliphatic heterocycles. The van der Waals surface area contributed by atoms with Crippen LogP contribution in [0.5, 0.6) is 5.75 Å². The largest absolute Gasteiger partial charge is 0.481 e. The molecule has 2 aromatic carbocycles. The number of hydrogen-bond acceptors (Lipinski definition) is 2. The Morgan fingerprint density at radius 3 is 1.95 bits per heavy atom. The van der Waals surface area contributed by atoms with E-state index in [4.69, 9.17) is 4.74 Å². The third kappa shape index (κ3) is 4.35. The highest BCUT2D eigenvalue weighted by molar-refractivity contribution is 5.81. The third-order valence-electron chi connectivity index (χ3n) is 3.64. The van der Waals surface area contributed by atoms with Gasteiger partial charge in [-0.15, -0.1) is 0 Å². The van der Waals surface area contributed by atoms with Gasteiger partial charge in [-0.05, 0) is 45.4 Å². The lowest BCUT2D eigenvalue weighted by Crippen LogP contribution is -2.37. The maximum atomic E-state index is 12.2. The lowest BCUT2D eigenvalue weighted by molar-refractivity contribution is -0.127. The highest BCUT2D eigenvalue weighted by atomic mass is 16.5. The number of benzene rings is 2. The van der Waals surface area contributed by atoms with Gasteiger partial charge in [0.25, 0.3) is 5.91 Å². The summed E-state index contributed by atoms with van der Waals surface area (Å²) < 4.78 is 5.67. The molecule has 0 radical (unpaired) electrons. The van der Waals surface area contributed by atoms with Gasteiger partial charge in [0.1, 0.15) is 5.75 Å². The molecule has 0 bridgehead atoms. The average molecular weight is 297 g/mol. The van der Waals surface area contributed by atoms with Crippen LogP contribution in [0.3, 0.4) is 0 Å². The van der Waals surface area contributed by atoms with E-state index in [1.807, 2.05) is 69.3 Å². The van der Waals surface area contributed by atoms with Gasteiger partial charge in [-0.2, -0.15) is 0 Å². The van der Waals surface area contributed by atoms with E-state index in [2.05, 4.69) is 5.32 Å². The summed E-state index contributed by atoms with van der Waals surface area (Å²) in [6.45, 7) is 7.80. The molecule has 2 atom stereocenters. The number of nitrogens with one attached hydrogen (secondary N) is 1. The Balaban J connectivity index is 1.93. The molecule has 1 N–H and O–H groups in total. The minimum atomic E-state index is -0.532. The summed E-state index contributed by atoms with van der Waals surface area (Å²) in [6.07, 6.45) is -0.532. The second-order valence-electron chi connectivity index (χ2n) is 5.71. The first-order valence-corrected chi connectivity index (χ1v) is 7.56. The van der Waals surface area contributed by atoms with E-state index < -0.39 is 6.10 Å². The van der Waals surface area contributed by atoms with E-state index in [1.165, 1.54) is 5.56 Å². The first-order valence-electron chi connectivity index (χ1n) is 7.56. The lowest BCUT2D eigenvalue weighted by atomic mass is 10.1. The molecule has 2 rings (SSSR count). The molecular formula is C19H23NO2. The normalized spacial score (nSPS) is 13.3. The Kier molecular flexibility index (Phi) is 5.21. The molecule has 3 nitrogen and oxygen atoms in total. The summed E-state index contributed by atoms with van der Waals surface area (Å²) in [5.74, 6) is 0.588. The molecule has 22 heavy (non-hydrogen) atoms. The van der Waals surface area contributed by atoms with Gasteiger partial charge in [0.2, 0.25) is 0 Å². The van der Waals surface area contributed by atoms with Gasteiger partial charge in [0.15, 0.2) is 6.10 Å². The number of amides is 1. The molecule has 0 fully saturated rings. The van der Waals surface area contributed by atoms with Crippen LogP contribution in [0.25, 0.3) is 0 Å². The number of aryl methyl sites for hydroxylation is 2. The van der Waals surface area contributed by atoms with Gasteiger partial charge in [-0.3, -0.25) is 4.79 Å². The fourth-order valence-electron chi connectivity index (χ4n) is 2.14. The fraction of sp³-hybridized carbons (Fsp3) is 0.316. The number of ether oxygens (including phenoxy) is 1. The minimum absolute atomic E-state index is 0.0443. The van der Waals surface area contributed by atoms with Crippen molar-refractivity contribution in [3.63, 3.8) is 0 Å². The maximum absolute atomic E-state index is 12.2. The second kappa shape index (κ2) is 7.12. The van der Waals surface area contributed by atoms with E-state index in [9.17, 15) is 4.79 Å². The van der Waals surface area contributed by atoms with Crippen LogP contribution in [0, 0.1) is 13.8 Å². The van der Waals surface area contributed by atoms with Crippen LogP contribution >= 0.6 is 0 Å². The standard InChI is InChI=1S/C19H23NO2/c1-13-5-9-17(10-6-13)15(3)20-19(21)16(4)22-18-11-7-14(2)8-12-18/h5-12,15-16H,1-4H3,(H,20,21). The SMILES string of the molecule is Cc1ccc(OC(C)C(=O)NC(C)c2ccc(C)cc2)cc1. The van der Waals surface area contributed by atoms with Gasteiger partial charge in [-0.1, -0.05) is 47.5 Å². The molecule has 0 aliphatic rings. The molecule has 0 aliphatic carbocycles. The van der Waals surface area contributed by atoms with Crippen molar-refractivity contribution in [3.05, 3.63) is 65.2 Å². The van der Waals surface area contributed by atoms with Crippen LogP contribution in [0.15, 0.2) is 48.5 Å². The molecule has 2 aromatic rings. The molecule has 2 unspecified atom stereocenters. The minimum Gasteiger partial charge on any atom is -0.481 e. The fourth-order valence-corrected chi connectivity index (χ4v) is 2.14. The Morgan fingerprint density at radius 1 is 0.909 bits per heavy atom. The van der Waals surface area contributed by atoms with Crippen molar-refractivity contribution in [3.8, 4) is 5.75 Å². The van der Waals surface area contributed by atoms with Gasteiger partial charge in [-0.25, -0.2) is 0 Å². The van der Waals surface area contributed by atoms with Crippen LogP contribution in [-0.2, 0) is 4.79 Å². The molecule has 3 heteroatoms. The summed E-state index contributed by atoms with van der Waals surface area (Å²) in [4.78, 5) is 12.2. The predicted octanol–water partition coefficient (Wildman–Crippen LogP) is 3.95. The van der Waals surface area contributed by atoms with E-state index >= 15 is 0 Å². The van der Waals surface area contributed by atoms with E-state index in [0.717, 1.165) is 11.1 Å². The van der Waals surface area contributed by atoms with Crippen molar-refractivity contribution < 1.29 is 9.53 Å². The van der Waals surface area contributed by atoms with Crippen molar-refractivity contribution in [2.75, 3.05) is 0 Å². The summed E-state index contributed by atoms with van der Waals surface area (Å²) in [5, 5.41) is 2.98. The molecular weight excluding hydrogens is 274 g/mol. The van der Waals surface area contributed by atoms with Gasteiger partial charge >= 0.3 is 0 Å². The maximum Gasteiger partial charge on any atom is 0.261 e. The summed E-state index contributed by atoms with van der Waals surface area (Å²) in [7, 11) is 0. The van der Waals surface area contributed by atoms with Crippen LogP contribution < -0.4 is 10.1 Å². The lowest BCUT2D eigenvalue weighted by Gasteiger charge is -2.19. The Labute approximate surface area is 132 Å². The average Bonchev–Trinajstić information content (AvgIpc) is 2.50. The van der Waals surface area contributed by atoms with E-state index in [0.29, 0.717) is 5.75 Å². The zero-order chi connectivity index (χ0) is 16.1. The molecule has 0 saturated carbocycles. The quantitative estimate of drug-likeness (QED) is 0.907. The van der Waals surface area contributed by atoms with Crippen molar-refractivity contribution in [1.29, 1.82) is 0 Å². The van der Waals surface area contributed by atoms with E-state index in [1.54, 1.807) is 6.92 Å². The summed E-state index contributed by atoms with van der Waals surface area (Å²) >= 11 is 0. The number of hydrogen-bond donors (Lipinski definition) is 1. The molecule has 0 aromatic heterocycles. The number of rotatable bonds is 5. The highest BCUT2D eigenvalue weighted by Gasteiger charge is 2.17. The molecule has 0 heterocycles. The molecule has 1 amide bonds. The summed E-state index contributed by atoms with van der Waals surface area (Å²) in [5.41, 5.74) is 3.46.